The average Bonchev–Trinajstić information content (AvgIpc) is 2.77. The molecule has 1 aliphatic heterocycles. The van der Waals surface area contributed by atoms with Gasteiger partial charge in [0.15, 0.2) is 0 Å². The second-order valence-corrected chi connectivity index (χ2v) is 15.7. The molecule has 3 rings (SSSR count). The highest BCUT2D eigenvalue weighted by Crippen LogP contribution is 2.43. The summed E-state index contributed by atoms with van der Waals surface area (Å²) in [5.74, 6) is 1.10. The van der Waals surface area contributed by atoms with Crippen molar-refractivity contribution >= 4 is 19.8 Å². The largest absolute Gasteiger partial charge is 0.543 e. The van der Waals surface area contributed by atoms with Gasteiger partial charge >= 0.3 is 0 Å². The van der Waals surface area contributed by atoms with Gasteiger partial charge in [-0.25, -0.2) is 0 Å². The number of nitrogens with one attached hydrogen (secondary N) is 1. The van der Waals surface area contributed by atoms with Gasteiger partial charge in [0.1, 0.15) is 5.76 Å². The number of hydrogen-bond acceptors (Lipinski definition) is 3. The van der Waals surface area contributed by atoms with Gasteiger partial charge in [-0.3, -0.25) is 0 Å². The molecule has 2 aromatic carbocycles. The molecule has 0 saturated carbocycles. The summed E-state index contributed by atoms with van der Waals surface area (Å²) in [5, 5.41) is 12.9. The Labute approximate surface area is 202 Å². The first-order chi connectivity index (χ1) is 15.6. The van der Waals surface area contributed by atoms with Crippen molar-refractivity contribution in [3.8, 4) is 0 Å². The number of para-hydroxylation sites is 1. The van der Waals surface area contributed by atoms with Crippen LogP contribution in [0.4, 0.5) is 5.69 Å². The molecule has 0 aromatic heterocycles. The van der Waals surface area contributed by atoms with Crippen molar-refractivity contribution in [2.75, 3.05) is 11.9 Å². The van der Waals surface area contributed by atoms with E-state index in [1.165, 1.54) is 28.0 Å². The molecule has 180 valence electrons. The zero-order valence-electron chi connectivity index (χ0n) is 21.5. The Hall–Kier alpha value is -2.04. The van der Waals surface area contributed by atoms with Crippen molar-refractivity contribution in [3.05, 3.63) is 70.8 Å². The average molecular weight is 466 g/mol. The molecule has 2 aromatic rings. The van der Waals surface area contributed by atoms with E-state index in [0.29, 0.717) is 6.61 Å². The van der Waals surface area contributed by atoms with Crippen LogP contribution in [-0.4, -0.2) is 26.1 Å². The minimum atomic E-state index is -1.94. The fourth-order valence-corrected chi connectivity index (χ4v) is 5.19. The summed E-state index contributed by atoms with van der Waals surface area (Å²) in [5.41, 5.74) is 6.47. The molecule has 0 spiro atoms. The fraction of sp³-hybridized carbons (Fsp3) is 0.517. The minimum Gasteiger partial charge on any atom is -0.543 e. The molecule has 0 aliphatic carbocycles. The Morgan fingerprint density at radius 1 is 0.909 bits per heavy atom. The van der Waals surface area contributed by atoms with E-state index in [-0.39, 0.29) is 11.1 Å². The predicted molar refractivity (Wildman–Crippen MR) is 144 cm³/mol. The van der Waals surface area contributed by atoms with E-state index in [1.807, 2.05) is 0 Å². The van der Waals surface area contributed by atoms with Crippen molar-refractivity contribution in [2.24, 2.45) is 0 Å². The van der Waals surface area contributed by atoms with Crippen molar-refractivity contribution < 1.29 is 9.53 Å². The predicted octanol–water partition coefficient (Wildman–Crippen LogP) is 7.57. The SMILES string of the molecule is CC1=C(O[Si](C)(C)C(C)(C)C)c2ccccc2NC1CCc1ccc(CCCCCO)cc1. The maximum Gasteiger partial charge on any atom is 0.250 e. The Bertz CT molecular complexity index is 941. The Kier molecular flexibility index (Phi) is 8.47. The minimum absolute atomic E-state index is 0.162. The third-order valence-electron chi connectivity index (χ3n) is 7.41. The van der Waals surface area contributed by atoms with Crippen molar-refractivity contribution in [2.45, 2.75) is 90.4 Å². The second-order valence-electron chi connectivity index (χ2n) is 11.0. The molecule has 1 aliphatic rings. The highest BCUT2D eigenvalue weighted by atomic mass is 28.4. The van der Waals surface area contributed by atoms with Crippen LogP contribution >= 0.6 is 0 Å². The Morgan fingerprint density at radius 2 is 1.55 bits per heavy atom. The molecule has 0 saturated heterocycles. The Balaban J connectivity index is 1.71. The van der Waals surface area contributed by atoms with Crippen molar-refractivity contribution in [1.82, 2.24) is 0 Å². The lowest BCUT2D eigenvalue weighted by molar-refractivity contribution is 0.283. The molecule has 1 unspecified atom stereocenters. The number of aliphatic hydroxyl groups is 1. The summed E-state index contributed by atoms with van der Waals surface area (Å²) < 4.78 is 6.90. The van der Waals surface area contributed by atoms with E-state index in [4.69, 9.17) is 9.53 Å². The molecule has 0 radical (unpaired) electrons. The summed E-state index contributed by atoms with van der Waals surface area (Å²) >= 11 is 0. The molecule has 0 amide bonds. The summed E-state index contributed by atoms with van der Waals surface area (Å²) in [4.78, 5) is 0. The van der Waals surface area contributed by atoms with Crippen LogP contribution in [0.15, 0.2) is 54.1 Å². The van der Waals surface area contributed by atoms with Gasteiger partial charge in [-0.2, -0.15) is 0 Å². The number of anilines is 1. The smallest absolute Gasteiger partial charge is 0.250 e. The summed E-state index contributed by atoms with van der Waals surface area (Å²) in [6.07, 6.45) is 6.32. The van der Waals surface area contributed by atoms with Crippen LogP contribution in [0.3, 0.4) is 0 Å². The highest BCUT2D eigenvalue weighted by Gasteiger charge is 2.41. The van der Waals surface area contributed by atoms with Gasteiger partial charge in [0, 0.05) is 17.9 Å². The zero-order chi connectivity index (χ0) is 24.1. The molecule has 0 bridgehead atoms. The summed E-state index contributed by atoms with van der Waals surface area (Å²) in [6.45, 7) is 14.1. The van der Waals surface area contributed by atoms with Crippen molar-refractivity contribution in [3.63, 3.8) is 0 Å². The number of rotatable bonds is 10. The molecule has 33 heavy (non-hydrogen) atoms. The lowest BCUT2D eigenvalue weighted by Gasteiger charge is -2.40. The third kappa shape index (κ3) is 6.51. The van der Waals surface area contributed by atoms with Crippen molar-refractivity contribution in [1.29, 1.82) is 0 Å². The molecule has 3 nitrogen and oxygen atoms in total. The van der Waals surface area contributed by atoms with E-state index in [9.17, 15) is 0 Å². The number of fused-ring (bicyclic) bond motifs is 1. The van der Waals surface area contributed by atoms with Gasteiger partial charge in [0.2, 0.25) is 0 Å². The van der Waals surface area contributed by atoms with Crippen LogP contribution in [0, 0.1) is 0 Å². The van der Waals surface area contributed by atoms with Crippen LogP contribution in [0.25, 0.3) is 5.76 Å². The summed E-state index contributed by atoms with van der Waals surface area (Å²) in [6, 6.07) is 18.0. The number of benzene rings is 2. The van der Waals surface area contributed by atoms with E-state index < -0.39 is 8.32 Å². The van der Waals surface area contributed by atoms with E-state index in [2.05, 4.69) is 94.6 Å². The lowest BCUT2D eigenvalue weighted by atomic mass is 9.92. The number of unbranched alkanes of at least 4 members (excludes halogenated alkanes) is 2. The van der Waals surface area contributed by atoms with Gasteiger partial charge in [0.05, 0.1) is 6.04 Å². The Morgan fingerprint density at radius 3 is 2.18 bits per heavy atom. The summed E-state index contributed by atoms with van der Waals surface area (Å²) in [7, 11) is -1.94. The first-order valence-corrected chi connectivity index (χ1v) is 15.5. The van der Waals surface area contributed by atoms with Crippen LogP contribution in [-0.2, 0) is 17.3 Å². The third-order valence-corrected chi connectivity index (χ3v) is 11.7. The highest BCUT2D eigenvalue weighted by molar-refractivity contribution is 6.74. The molecular weight excluding hydrogens is 422 g/mol. The maximum absolute atomic E-state index is 8.93. The lowest BCUT2D eigenvalue weighted by Crippen LogP contribution is -2.41. The first kappa shape index (κ1) is 25.6. The topological polar surface area (TPSA) is 41.5 Å². The molecule has 1 heterocycles. The monoisotopic (exact) mass is 465 g/mol. The van der Waals surface area contributed by atoms with E-state index >= 15 is 0 Å². The fourth-order valence-electron chi connectivity index (χ4n) is 4.11. The number of hydrogen-bond donors (Lipinski definition) is 2. The first-order valence-electron chi connectivity index (χ1n) is 12.6. The number of aliphatic hydroxyl groups excluding tert-OH is 1. The van der Waals surface area contributed by atoms with Crippen LogP contribution in [0.2, 0.25) is 18.1 Å². The van der Waals surface area contributed by atoms with E-state index in [0.717, 1.165) is 44.3 Å². The van der Waals surface area contributed by atoms with Crippen LogP contribution in [0.1, 0.15) is 70.1 Å². The van der Waals surface area contributed by atoms with Gasteiger partial charge < -0.3 is 14.8 Å². The van der Waals surface area contributed by atoms with Crippen LogP contribution < -0.4 is 5.32 Å². The van der Waals surface area contributed by atoms with Gasteiger partial charge in [-0.1, -0.05) is 63.6 Å². The normalized spacial score (nSPS) is 16.4. The number of aryl methyl sites for hydroxylation is 2. The maximum atomic E-state index is 8.93. The molecule has 2 N–H and O–H groups in total. The molecule has 1 atom stereocenters. The standard InChI is InChI=1S/C29H43NO2Si/c1-22-26(20-19-24-17-15-23(16-18-24)12-8-7-11-21-31)30-27-14-10-9-13-25(27)28(22)32-33(5,6)29(2,3)4/h9-10,13-18,26,30-31H,7-8,11-12,19-21H2,1-6H3. The van der Waals surface area contributed by atoms with Gasteiger partial charge in [0.25, 0.3) is 8.32 Å². The van der Waals surface area contributed by atoms with E-state index in [1.54, 1.807) is 0 Å². The zero-order valence-corrected chi connectivity index (χ0v) is 22.5. The van der Waals surface area contributed by atoms with Gasteiger partial charge in [-0.15, -0.1) is 0 Å². The quantitative estimate of drug-likeness (QED) is 0.281. The molecule has 0 fully saturated rings. The molecule has 4 heteroatoms. The van der Waals surface area contributed by atoms with Crippen LogP contribution in [0.5, 0.6) is 0 Å². The second kappa shape index (κ2) is 10.9. The molecular formula is C29H43NO2Si. The van der Waals surface area contributed by atoms with Gasteiger partial charge in [-0.05, 0) is 86.0 Å².